The molecule has 0 heterocycles. The molecule has 1 aromatic carbocycles. The SMILES string of the molecule is CN(C)COC(=O)[C@@H](N)Cc1ccccc1. The van der Waals surface area contributed by atoms with Crippen molar-refractivity contribution in [1.29, 1.82) is 0 Å². The molecule has 2 N–H and O–H groups in total. The van der Waals surface area contributed by atoms with Crippen LogP contribution < -0.4 is 5.73 Å². The predicted octanol–water partition coefficient (Wildman–Crippen LogP) is 0.619. The van der Waals surface area contributed by atoms with E-state index in [0.717, 1.165) is 5.56 Å². The zero-order valence-corrected chi connectivity index (χ0v) is 9.72. The highest BCUT2D eigenvalue weighted by Crippen LogP contribution is 2.02. The van der Waals surface area contributed by atoms with Crippen LogP contribution in [0.25, 0.3) is 0 Å². The average molecular weight is 222 g/mol. The molecule has 0 aliphatic heterocycles. The van der Waals surface area contributed by atoms with Crippen LogP contribution in [0, 0.1) is 0 Å². The van der Waals surface area contributed by atoms with Crippen LogP contribution in [0.3, 0.4) is 0 Å². The van der Waals surface area contributed by atoms with Gasteiger partial charge in [-0.3, -0.25) is 9.69 Å². The number of esters is 1. The van der Waals surface area contributed by atoms with Crippen LogP contribution in [0.1, 0.15) is 5.56 Å². The van der Waals surface area contributed by atoms with Gasteiger partial charge in [-0.15, -0.1) is 0 Å². The molecule has 1 atom stereocenters. The second-order valence-electron chi connectivity index (χ2n) is 3.97. The van der Waals surface area contributed by atoms with Crippen molar-refractivity contribution in [2.24, 2.45) is 5.73 Å². The van der Waals surface area contributed by atoms with Crippen molar-refractivity contribution in [2.45, 2.75) is 12.5 Å². The van der Waals surface area contributed by atoms with Gasteiger partial charge in [-0.1, -0.05) is 30.3 Å². The Hall–Kier alpha value is -1.39. The van der Waals surface area contributed by atoms with Crippen molar-refractivity contribution in [3.05, 3.63) is 35.9 Å². The van der Waals surface area contributed by atoms with Crippen molar-refractivity contribution in [3.8, 4) is 0 Å². The van der Waals surface area contributed by atoms with Crippen LogP contribution in [-0.2, 0) is 16.0 Å². The molecule has 0 unspecified atom stereocenters. The normalized spacial score (nSPS) is 12.5. The molecule has 0 amide bonds. The minimum absolute atomic E-state index is 0.265. The summed E-state index contributed by atoms with van der Waals surface area (Å²) in [6.45, 7) is 0.265. The number of nitrogens with zero attached hydrogens (tertiary/aromatic N) is 1. The van der Waals surface area contributed by atoms with Crippen molar-refractivity contribution in [2.75, 3.05) is 20.8 Å². The van der Waals surface area contributed by atoms with Crippen molar-refractivity contribution in [1.82, 2.24) is 4.90 Å². The van der Waals surface area contributed by atoms with E-state index in [1.54, 1.807) is 4.90 Å². The van der Waals surface area contributed by atoms with Gasteiger partial charge in [-0.2, -0.15) is 0 Å². The maximum atomic E-state index is 11.5. The molecule has 0 aliphatic carbocycles. The fourth-order valence-corrected chi connectivity index (χ4v) is 1.25. The summed E-state index contributed by atoms with van der Waals surface area (Å²) in [5, 5.41) is 0. The average Bonchev–Trinajstić information content (AvgIpc) is 2.27. The summed E-state index contributed by atoms with van der Waals surface area (Å²) in [5.74, 6) is -0.363. The van der Waals surface area contributed by atoms with Crippen LogP contribution in [0.5, 0.6) is 0 Å². The van der Waals surface area contributed by atoms with Gasteiger partial charge in [0.05, 0.1) is 0 Å². The second kappa shape index (κ2) is 6.25. The summed E-state index contributed by atoms with van der Waals surface area (Å²) >= 11 is 0. The minimum Gasteiger partial charge on any atom is -0.448 e. The molecule has 4 heteroatoms. The number of rotatable bonds is 5. The Morgan fingerprint density at radius 1 is 1.38 bits per heavy atom. The molecular weight excluding hydrogens is 204 g/mol. The van der Waals surface area contributed by atoms with Crippen molar-refractivity contribution in [3.63, 3.8) is 0 Å². The van der Waals surface area contributed by atoms with Crippen molar-refractivity contribution >= 4 is 5.97 Å². The lowest BCUT2D eigenvalue weighted by Gasteiger charge is -2.14. The third-order valence-corrected chi connectivity index (χ3v) is 2.07. The van der Waals surface area contributed by atoms with Gasteiger partial charge in [0.1, 0.15) is 12.8 Å². The number of hydrogen-bond donors (Lipinski definition) is 1. The summed E-state index contributed by atoms with van der Waals surface area (Å²) in [5.41, 5.74) is 6.78. The number of carbonyl (C=O) groups is 1. The second-order valence-corrected chi connectivity index (χ2v) is 3.97. The Kier molecular flexibility index (Phi) is 4.95. The molecule has 0 aromatic heterocycles. The molecule has 0 aliphatic rings. The smallest absolute Gasteiger partial charge is 0.324 e. The van der Waals surface area contributed by atoms with E-state index in [-0.39, 0.29) is 12.7 Å². The van der Waals surface area contributed by atoms with Gasteiger partial charge < -0.3 is 10.5 Å². The number of carbonyl (C=O) groups excluding carboxylic acids is 1. The van der Waals surface area contributed by atoms with Gasteiger partial charge in [-0.05, 0) is 26.1 Å². The lowest BCUT2D eigenvalue weighted by Crippen LogP contribution is -2.36. The maximum absolute atomic E-state index is 11.5. The summed E-state index contributed by atoms with van der Waals surface area (Å²) in [7, 11) is 3.66. The van der Waals surface area contributed by atoms with E-state index in [9.17, 15) is 4.79 Å². The molecule has 0 bridgehead atoms. The largest absolute Gasteiger partial charge is 0.448 e. The Bertz CT molecular complexity index is 325. The Morgan fingerprint density at radius 3 is 2.56 bits per heavy atom. The van der Waals surface area contributed by atoms with Gasteiger partial charge in [0.2, 0.25) is 0 Å². The standard InChI is InChI=1S/C12H18N2O2/c1-14(2)9-16-12(15)11(13)8-10-6-4-3-5-7-10/h3-7,11H,8-9,13H2,1-2H3/t11-/m0/s1. The fourth-order valence-electron chi connectivity index (χ4n) is 1.25. The van der Waals surface area contributed by atoms with Crippen LogP contribution in [0.2, 0.25) is 0 Å². The number of nitrogens with two attached hydrogens (primary N) is 1. The Labute approximate surface area is 96.0 Å². The molecule has 0 spiro atoms. The highest BCUT2D eigenvalue weighted by molar-refractivity contribution is 5.75. The predicted molar refractivity (Wildman–Crippen MR) is 62.8 cm³/mol. The van der Waals surface area contributed by atoms with Crippen LogP contribution in [0.15, 0.2) is 30.3 Å². The molecule has 0 saturated heterocycles. The lowest BCUT2D eigenvalue weighted by atomic mass is 10.1. The molecule has 0 radical (unpaired) electrons. The number of ether oxygens (including phenoxy) is 1. The van der Waals surface area contributed by atoms with E-state index < -0.39 is 6.04 Å². The highest BCUT2D eigenvalue weighted by atomic mass is 16.5. The highest BCUT2D eigenvalue weighted by Gasteiger charge is 2.15. The zero-order chi connectivity index (χ0) is 12.0. The third-order valence-electron chi connectivity index (χ3n) is 2.07. The summed E-state index contributed by atoms with van der Waals surface area (Å²) in [4.78, 5) is 13.2. The van der Waals surface area contributed by atoms with E-state index in [1.165, 1.54) is 0 Å². The van der Waals surface area contributed by atoms with Gasteiger partial charge in [0.25, 0.3) is 0 Å². The molecule has 0 saturated carbocycles. The third kappa shape index (κ3) is 4.42. The maximum Gasteiger partial charge on any atom is 0.324 e. The molecule has 16 heavy (non-hydrogen) atoms. The van der Waals surface area contributed by atoms with E-state index in [1.807, 2.05) is 44.4 Å². The van der Waals surface area contributed by atoms with E-state index >= 15 is 0 Å². The van der Waals surface area contributed by atoms with Crippen LogP contribution in [-0.4, -0.2) is 37.7 Å². The monoisotopic (exact) mass is 222 g/mol. The first kappa shape index (κ1) is 12.7. The quantitative estimate of drug-likeness (QED) is 0.586. The van der Waals surface area contributed by atoms with Gasteiger partial charge in [0.15, 0.2) is 0 Å². The fraction of sp³-hybridized carbons (Fsp3) is 0.417. The molecule has 1 rings (SSSR count). The Balaban J connectivity index is 2.40. The first-order valence-electron chi connectivity index (χ1n) is 5.20. The lowest BCUT2D eigenvalue weighted by molar-refractivity contribution is -0.148. The minimum atomic E-state index is -0.595. The Morgan fingerprint density at radius 2 is 2.00 bits per heavy atom. The molecule has 1 aromatic rings. The van der Waals surface area contributed by atoms with Crippen molar-refractivity contribution < 1.29 is 9.53 Å². The van der Waals surface area contributed by atoms with E-state index in [4.69, 9.17) is 10.5 Å². The van der Waals surface area contributed by atoms with E-state index in [2.05, 4.69) is 0 Å². The van der Waals surface area contributed by atoms with Gasteiger partial charge in [-0.25, -0.2) is 0 Å². The molecule has 0 fully saturated rings. The topological polar surface area (TPSA) is 55.6 Å². The van der Waals surface area contributed by atoms with Crippen LogP contribution in [0.4, 0.5) is 0 Å². The van der Waals surface area contributed by atoms with E-state index in [0.29, 0.717) is 6.42 Å². The van der Waals surface area contributed by atoms with Gasteiger partial charge >= 0.3 is 5.97 Å². The number of benzene rings is 1. The molecule has 4 nitrogen and oxygen atoms in total. The summed E-state index contributed by atoms with van der Waals surface area (Å²) < 4.78 is 5.00. The number of hydrogen-bond acceptors (Lipinski definition) is 4. The molecule has 88 valence electrons. The summed E-state index contributed by atoms with van der Waals surface area (Å²) in [6.07, 6.45) is 0.507. The summed E-state index contributed by atoms with van der Waals surface area (Å²) in [6, 6.07) is 9.07. The first-order chi connectivity index (χ1) is 7.59. The zero-order valence-electron chi connectivity index (χ0n) is 9.72. The van der Waals surface area contributed by atoms with Gasteiger partial charge in [0, 0.05) is 0 Å². The van der Waals surface area contributed by atoms with Crippen LogP contribution >= 0.6 is 0 Å². The first-order valence-corrected chi connectivity index (χ1v) is 5.20. The molecular formula is C12H18N2O2.